The standard InChI is InChI=1S/C21H20O9/c1-28-14-5-9-4-12(20(24)25)18(21(26)27)17(11(9)8-13(14)22)10-6-15(29-2)19(23)16(7-10)30-3/h4-8,17-18,22-23H,1-3H3,(H,24,25)(H,26,27)/t17-,18-/m0/s1. The van der Waals surface area contributed by atoms with Gasteiger partial charge < -0.3 is 34.6 Å². The molecule has 0 fully saturated rings. The van der Waals surface area contributed by atoms with E-state index in [1.165, 1.54) is 51.7 Å². The molecule has 9 heteroatoms. The summed E-state index contributed by atoms with van der Waals surface area (Å²) in [6.07, 6.45) is 1.25. The summed E-state index contributed by atoms with van der Waals surface area (Å²) >= 11 is 0. The number of fused-ring (bicyclic) bond motifs is 1. The van der Waals surface area contributed by atoms with Crippen molar-refractivity contribution in [3.63, 3.8) is 0 Å². The van der Waals surface area contributed by atoms with E-state index >= 15 is 0 Å². The predicted molar refractivity (Wildman–Crippen MR) is 104 cm³/mol. The van der Waals surface area contributed by atoms with Crippen LogP contribution in [0.3, 0.4) is 0 Å². The first-order valence-electron chi connectivity index (χ1n) is 8.76. The number of hydrogen-bond acceptors (Lipinski definition) is 7. The molecule has 0 saturated carbocycles. The van der Waals surface area contributed by atoms with Crippen LogP contribution in [0.2, 0.25) is 0 Å². The normalized spacial score (nSPS) is 17.5. The van der Waals surface area contributed by atoms with Gasteiger partial charge in [0.05, 0.1) is 32.8 Å². The molecule has 2 aromatic rings. The molecule has 2 atom stereocenters. The number of methoxy groups -OCH3 is 3. The molecule has 1 aliphatic rings. The summed E-state index contributed by atoms with van der Waals surface area (Å²) in [7, 11) is 3.99. The predicted octanol–water partition coefficient (Wildman–Crippen LogP) is 2.44. The molecule has 158 valence electrons. The second kappa shape index (κ2) is 7.86. The van der Waals surface area contributed by atoms with Crippen LogP contribution in [-0.4, -0.2) is 53.7 Å². The molecule has 4 N–H and O–H groups in total. The molecule has 1 aliphatic carbocycles. The molecule has 0 amide bonds. The lowest BCUT2D eigenvalue weighted by atomic mass is 9.71. The van der Waals surface area contributed by atoms with E-state index in [9.17, 15) is 30.0 Å². The quantitative estimate of drug-likeness (QED) is 0.558. The van der Waals surface area contributed by atoms with Gasteiger partial charge in [-0.2, -0.15) is 0 Å². The van der Waals surface area contributed by atoms with Crippen LogP contribution < -0.4 is 14.2 Å². The SMILES string of the molecule is COc1cc2c(cc1O)[C@H](c1cc(OC)c(O)c(OC)c1)[C@@H](C(=O)O)C(C(=O)O)=C2. The van der Waals surface area contributed by atoms with Gasteiger partial charge in [-0.25, -0.2) is 4.79 Å². The zero-order valence-electron chi connectivity index (χ0n) is 16.4. The fraction of sp³-hybridized carbons (Fsp3) is 0.238. The summed E-state index contributed by atoms with van der Waals surface area (Å²) in [6, 6.07) is 5.60. The fourth-order valence-corrected chi connectivity index (χ4v) is 3.71. The molecule has 0 bridgehead atoms. The van der Waals surface area contributed by atoms with Gasteiger partial charge in [0.25, 0.3) is 0 Å². The van der Waals surface area contributed by atoms with Crippen LogP contribution in [0.1, 0.15) is 22.6 Å². The smallest absolute Gasteiger partial charge is 0.332 e. The number of rotatable bonds is 6. The Hall–Kier alpha value is -3.88. The molecule has 0 saturated heterocycles. The van der Waals surface area contributed by atoms with E-state index in [0.29, 0.717) is 16.7 Å². The van der Waals surface area contributed by atoms with Gasteiger partial charge in [-0.05, 0) is 47.0 Å². The third-order valence-corrected chi connectivity index (χ3v) is 5.07. The van der Waals surface area contributed by atoms with Gasteiger partial charge in [0.2, 0.25) is 5.75 Å². The maximum atomic E-state index is 12.1. The van der Waals surface area contributed by atoms with E-state index in [0.717, 1.165) is 0 Å². The summed E-state index contributed by atoms with van der Waals surface area (Å²) in [5.41, 5.74) is 0.751. The topological polar surface area (TPSA) is 143 Å². The summed E-state index contributed by atoms with van der Waals surface area (Å²) < 4.78 is 15.4. The lowest BCUT2D eigenvalue weighted by Crippen LogP contribution is -2.31. The second-order valence-corrected chi connectivity index (χ2v) is 6.63. The molecular weight excluding hydrogens is 396 g/mol. The zero-order chi connectivity index (χ0) is 22.2. The molecule has 3 rings (SSSR count). The second-order valence-electron chi connectivity index (χ2n) is 6.63. The van der Waals surface area contributed by atoms with Crippen LogP contribution in [0.15, 0.2) is 29.8 Å². The maximum Gasteiger partial charge on any atom is 0.332 e. The number of carboxylic acid groups (broad SMARTS) is 2. The third kappa shape index (κ3) is 3.34. The van der Waals surface area contributed by atoms with E-state index < -0.39 is 23.8 Å². The minimum Gasteiger partial charge on any atom is -0.504 e. The molecule has 0 unspecified atom stereocenters. The number of benzene rings is 2. The van der Waals surface area contributed by atoms with E-state index in [2.05, 4.69) is 0 Å². The first kappa shape index (κ1) is 20.8. The highest BCUT2D eigenvalue weighted by Crippen LogP contribution is 2.49. The molecule has 0 aliphatic heterocycles. The Balaban J connectivity index is 2.36. The van der Waals surface area contributed by atoms with Crippen molar-refractivity contribution < 1.29 is 44.2 Å². The number of ether oxygens (including phenoxy) is 3. The van der Waals surface area contributed by atoms with Crippen LogP contribution in [0, 0.1) is 5.92 Å². The van der Waals surface area contributed by atoms with Crippen LogP contribution >= 0.6 is 0 Å². The van der Waals surface area contributed by atoms with Crippen molar-refractivity contribution in [2.24, 2.45) is 5.92 Å². The molecule has 0 radical (unpaired) electrons. The van der Waals surface area contributed by atoms with Crippen molar-refractivity contribution in [1.82, 2.24) is 0 Å². The average Bonchev–Trinajstić information content (AvgIpc) is 2.71. The van der Waals surface area contributed by atoms with Gasteiger partial charge in [0.1, 0.15) is 0 Å². The van der Waals surface area contributed by atoms with Crippen molar-refractivity contribution in [2.45, 2.75) is 5.92 Å². The van der Waals surface area contributed by atoms with E-state index in [1.807, 2.05) is 0 Å². The summed E-state index contributed by atoms with van der Waals surface area (Å²) in [5.74, 6) is -5.57. The number of hydrogen-bond donors (Lipinski definition) is 4. The van der Waals surface area contributed by atoms with E-state index in [4.69, 9.17) is 14.2 Å². The zero-order valence-corrected chi connectivity index (χ0v) is 16.4. The van der Waals surface area contributed by atoms with Crippen LogP contribution in [0.4, 0.5) is 0 Å². The Bertz CT molecular complexity index is 1030. The van der Waals surface area contributed by atoms with Crippen molar-refractivity contribution >= 4 is 18.0 Å². The Morgan fingerprint density at radius 1 is 0.867 bits per heavy atom. The van der Waals surface area contributed by atoms with Crippen LogP contribution in [0.25, 0.3) is 6.08 Å². The van der Waals surface area contributed by atoms with Gasteiger partial charge in [0.15, 0.2) is 23.0 Å². The molecule has 0 spiro atoms. The Morgan fingerprint density at radius 2 is 1.43 bits per heavy atom. The lowest BCUT2D eigenvalue weighted by Gasteiger charge is -2.31. The summed E-state index contributed by atoms with van der Waals surface area (Å²) in [6.45, 7) is 0. The Labute approximate surface area is 171 Å². The highest BCUT2D eigenvalue weighted by molar-refractivity contribution is 6.01. The highest BCUT2D eigenvalue weighted by atomic mass is 16.5. The van der Waals surface area contributed by atoms with E-state index in [1.54, 1.807) is 0 Å². The minimum absolute atomic E-state index is 0.0270. The van der Waals surface area contributed by atoms with E-state index in [-0.39, 0.29) is 34.3 Å². The van der Waals surface area contributed by atoms with Crippen molar-refractivity contribution in [3.05, 3.63) is 46.5 Å². The number of carboxylic acids is 2. The average molecular weight is 416 g/mol. The Kier molecular flexibility index (Phi) is 5.46. The number of carbonyl (C=O) groups is 2. The molecular formula is C21H20O9. The number of phenols is 2. The molecule has 0 heterocycles. The lowest BCUT2D eigenvalue weighted by molar-refractivity contribution is -0.144. The van der Waals surface area contributed by atoms with Crippen LogP contribution in [0.5, 0.6) is 28.7 Å². The summed E-state index contributed by atoms with van der Waals surface area (Å²) in [5, 5.41) is 40.0. The Morgan fingerprint density at radius 3 is 1.90 bits per heavy atom. The number of aromatic hydroxyl groups is 2. The monoisotopic (exact) mass is 416 g/mol. The molecule has 2 aromatic carbocycles. The van der Waals surface area contributed by atoms with Crippen molar-refractivity contribution in [3.8, 4) is 28.7 Å². The molecule has 9 nitrogen and oxygen atoms in total. The maximum absolute atomic E-state index is 12.1. The first-order chi connectivity index (χ1) is 14.2. The molecule has 30 heavy (non-hydrogen) atoms. The minimum atomic E-state index is -1.47. The van der Waals surface area contributed by atoms with Gasteiger partial charge in [-0.1, -0.05) is 0 Å². The fourth-order valence-electron chi connectivity index (χ4n) is 3.71. The number of phenolic OH excluding ortho intramolecular Hbond substituents is 2. The summed E-state index contributed by atoms with van der Waals surface area (Å²) in [4.78, 5) is 24.0. The first-order valence-corrected chi connectivity index (χ1v) is 8.76. The van der Waals surface area contributed by atoms with Gasteiger partial charge in [-0.3, -0.25) is 4.79 Å². The molecule has 0 aromatic heterocycles. The van der Waals surface area contributed by atoms with Crippen molar-refractivity contribution in [2.75, 3.05) is 21.3 Å². The van der Waals surface area contributed by atoms with Gasteiger partial charge in [-0.15, -0.1) is 0 Å². The van der Waals surface area contributed by atoms with Gasteiger partial charge >= 0.3 is 11.9 Å². The largest absolute Gasteiger partial charge is 0.504 e. The highest BCUT2D eigenvalue weighted by Gasteiger charge is 2.42. The van der Waals surface area contributed by atoms with Crippen LogP contribution in [-0.2, 0) is 9.59 Å². The van der Waals surface area contributed by atoms with Gasteiger partial charge in [0, 0.05) is 5.92 Å². The number of aliphatic carboxylic acids is 2. The third-order valence-electron chi connectivity index (χ3n) is 5.07. The van der Waals surface area contributed by atoms with Crippen molar-refractivity contribution in [1.29, 1.82) is 0 Å².